The van der Waals surface area contributed by atoms with Gasteiger partial charge in [-0.3, -0.25) is 19.1 Å². The number of carbonyl (C=O) groups excluding carboxylic acids is 2. The molecule has 2 N–H and O–H groups in total. The fourth-order valence-electron chi connectivity index (χ4n) is 4.42. The Balaban J connectivity index is 1.28. The summed E-state index contributed by atoms with van der Waals surface area (Å²) in [6, 6.07) is 3.24. The molecule has 0 bridgehead atoms. The lowest BCUT2D eigenvalue weighted by molar-refractivity contribution is -0.0990. The average molecular weight is 411 g/mol. The van der Waals surface area contributed by atoms with Crippen molar-refractivity contribution >= 4 is 11.8 Å². The molecule has 9 nitrogen and oxygen atoms in total. The first-order valence-corrected chi connectivity index (χ1v) is 10.4. The summed E-state index contributed by atoms with van der Waals surface area (Å²) in [4.78, 5) is 41.0. The third-order valence-electron chi connectivity index (χ3n) is 6.40. The largest absolute Gasteiger partial charge is 0.370 e. The Kier molecular flexibility index (Phi) is 4.50. The van der Waals surface area contributed by atoms with Gasteiger partial charge in [0.15, 0.2) is 5.69 Å². The molecule has 4 heterocycles. The van der Waals surface area contributed by atoms with Gasteiger partial charge in [-0.2, -0.15) is 5.10 Å². The minimum Gasteiger partial charge on any atom is -0.370 e. The molecule has 1 aliphatic carbocycles. The Morgan fingerprint density at radius 2 is 2.07 bits per heavy atom. The fraction of sp³-hybridized carbons (Fsp3) is 0.524. The molecule has 158 valence electrons. The van der Waals surface area contributed by atoms with E-state index in [1.54, 1.807) is 15.6 Å². The van der Waals surface area contributed by atoms with E-state index in [1.165, 1.54) is 12.3 Å². The van der Waals surface area contributed by atoms with Crippen LogP contribution in [0.1, 0.15) is 57.8 Å². The zero-order chi connectivity index (χ0) is 20.9. The van der Waals surface area contributed by atoms with Gasteiger partial charge in [0.05, 0.1) is 12.2 Å². The predicted octanol–water partition coefficient (Wildman–Crippen LogP) is 0.748. The normalized spacial score (nSPS) is 20.1. The van der Waals surface area contributed by atoms with Crippen LogP contribution in [0, 0.1) is 0 Å². The van der Waals surface area contributed by atoms with Crippen molar-refractivity contribution < 1.29 is 14.3 Å². The number of piperidine rings is 1. The van der Waals surface area contributed by atoms with Gasteiger partial charge < -0.3 is 19.9 Å². The van der Waals surface area contributed by atoms with Crippen molar-refractivity contribution in [3.63, 3.8) is 0 Å². The Bertz CT molecular complexity index is 1060. The Labute approximate surface area is 173 Å². The molecule has 9 heteroatoms. The number of aryl methyl sites for hydroxylation is 1. The van der Waals surface area contributed by atoms with E-state index in [0.29, 0.717) is 50.2 Å². The van der Waals surface area contributed by atoms with Crippen LogP contribution < -0.4 is 10.9 Å². The molecule has 30 heavy (non-hydrogen) atoms. The van der Waals surface area contributed by atoms with E-state index in [-0.39, 0.29) is 29.0 Å². The smallest absolute Gasteiger partial charge is 0.272 e. The van der Waals surface area contributed by atoms with Gasteiger partial charge in [-0.1, -0.05) is 0 Å². The van der Waals surface area contributed by atoms with E-state index in [4.69, 9.17) is 4.74 Å². The molecular weight excluding hydrogens is 386 g/mol. The SMILES string of the molecule is Cn1nc(C(=O)NC2CC2)c2c1CC1(CCN(C(=O)c3cc[nH]c(=O)c3)CC1)OC2. The van der Waals surface area contributed by atoms with Crippen molar-refractivity contribution in [3.8, 4) is 0 Å². The van der Waals surface area contributed by atoms with Crippen molar-refractivity contribution in [2.24, 2.45) is 7.05 Å². The van der Waals surface area contributed by atoms with E-state index < -0.39 is 0 Å². The standard InChI is InChI=1S/C21H25N5O4/c1-25-16-11-21(30-12-15(16)18(24-25)19(28)23-14-2-3-14)5-8-26(9-6-21)20(29)13-4-7-22-17(27)10-13/h4,7,10,14H,2-3,5-6,8-9,11-12H2,1H3,(H,22,27)(H,23,28). The number of pyridine rings is 1. The number of aromatic amines is 1. The lowest BCUT2D eigenvalue weighted by Gasteiger charge is -2.43. The minimum atomic E-state index is -0.351. The summed E-state index contributed by atoms with van der Waals surface area (Å²) in [5, 5.41) is 7.47. The molecule has 2 aromatic rings. The molecule has 2 amide bonds. The molecular formula is C21H25N5O4. The number of nitrogens with one attached hydrogen (secondary N) is 2. The summed E-state index contributed by atoms with van der Waals surface area (Å²) in [7, 11) is 1.87. The number of rotatable bonds is 3. The number of likely N-dealkylation sites (tertiary alicyclic amines) is 1. The number of amides is 2. The molecule has 0 aromatic carbocycles. The van der Waals surface area contributed by atoms with Gasteiger partial charge >= 0.3 is 0 Å². The number of carbonyl (C=O) groups is 2. The van der Waals surface area contributed by atoms with Crippen LogP contribution in [-0.4, -0.2) is 56.2 Å². The maximum absolute atomic E-state index is 12.7. The number of nitrogens with zero attached hydrogens (tertiary/aromatic N) is 3. The second-order valence-corrected chi connectivity index (χ2v) is 8.53. The Morgan fingerprint density at radius 3 is 2.77 bits per heavy atom. The van der Waals surface area contributed by atoms with Crippen molar-refractivity contribution in [1.82, 2.24) is 25.0 Å². The van der Waals surface area contributed by atoms with Crippen LogP contribution in [0.3, 0.4) is 0 Å². The number of ether oxygens (including phenoxy) is 1. The highest BCUT2D eigenvalue weighted by Crippen LogP contribution is 2.37. The molecule has 0 radical (unpaired) electrons. The maximum atomic E-state index is 12.7. The second kappa shape index (κ2) is 7.09. The quantitative estimate of drug-likeness (QED) is 0.775. The van der Waals surface area contributed by atoms with Gasteiger partial charge in [0.1, 0.15) is 0 Å². The van der Waals surface area contributed by atoms with Gasteiger partial charge in [-0.15, -0.1) is 0 Å². The number of hydrogen-bond donors (Lipinski definition) is 2. The Hall–Kier alpha value is -2.94. The summed E-state index contributed by atoms with van der Waals surface area (Å²) in [5.41, 5.74) is 2.15. The minimum absolute atomic E-state index is 0.118. The molecule has 3 aliphatic rings. The van der Waals surface area contributed by atoms with Gasteiger partial charge in [-0.05, 0) is 31.7 Å². The molecule has 1 saturated carbocycles. The summed E-state index contributed by atoms with van der Waals surface area (Å²) >= 11 is 0. The maximum Gasteiger partial charge on any atom is 0.272 e. The predicted molar refractivity (Wildman–Crippen MR) is 107 cm³/mol. The molecule has 1 saturated heterocycles. The van der Waals surface area contributed by atoms with Gasteiger partial charge in [0.2, 0.25) is 5.56 Å². The molecule has 0 unspecified atom stereocenters. The van der Waals surface area contributed by atoms with E-state index in [0.717, 1.165) is 24.1 Å². The van der Waals surface area contributed by atoms with E-state index in [1.807, 2.05) is 7.05 Å². The second-order valence-electron chi connectivity index (χ2n) is 8.53. The van der Waals surface area contributed by atoms with E-state index >= 15 is 0 Å². The Morgan fingerprint density at radius 1 is 1.30 bits per heavy atom. The topological polar surface area (TPSA) is 109 Å². The zero-order valence-electron chi connectivity index (χ0n) is 16.9. The van der Waals surface area contributed by atoms with Crippen molar-refractivity contribution in [1.29, 1.82) is 0 Å². The summed E-state index contributed by atoms with van der Waals surface area (Å²) < 4.78 is 8.09. The molecule has 2 aromatic heterocycles. The lowest BCUT2D eigenvalue weighted by Crippen LogP contribution is -2.50. The highest BCUT2D eigenvalue weighted by molar-refractivity contribution is 5.95. The third-order valence-corrected chi connectivity index (χ3v) is 6.40. The summed E-state index contributed by atoms with van der Waals surface area (Å²) in [5.74, 6) is -0.251. The van der Waals surface area contributed by atoms with Crippen LogP contribution in [0.15, 0.2) is 23.1 Å². The monoisotopic (exact) mass is 411 g/mol. The third kappa shape index (κ3) is 3.43. The molecule has 2 fully saturated rings. The first-order valence-electron chi connectivity index (χ1n) is 10.4. The number of hydrogen-bond acceptors (Lipinski definition) is 5. The van der Waals surface area contributed by atoms with Gasteiger partial charge in [0.25, 0.3) is 11.8 Å². The highest BCUT2D eigenvalue weighted by atomic mass is 16.5. The van der Waals surface area contributed by atoms with Crippen LogP contribution in [0.4, 0.5) is 0 Å². The number of fused-ring (bicyclic) bond motifs is 1. The van der Waals surface area contributed by atoms with Crippen molar-refractivity contribution in [3.05, 3.63) is 51.2 Å². The van der Waals surface area contributed by atoms with E-state index in [2.05, 4.69) is 15.4 Å². The molecule has 1 spiro atoms. The van der Waals surface area contributed by atoms with Crippen LogP contribution in [0.5, 0.6) is 0 Å². The first-order chi connectivity index (χ1) is 14.4. The summed E-state index contributed by atoms with van der Waals surface area (Å²) in [6.45, 7) is 1.49. The molecule has 5 rings (SSSR count). The number of aromatic nitrogens is 3. The fourth-order valence-corrected chi connectivity index (χ4v) is 4.42. The average Bonchev–Trinajstić information content (AvgIpc) is 3.50. The highest BCUT2D eigenvalue weighted by Gasteiger charge is 2.42. The van der Waals surface area contributed by atoms with Crippen molar-refractivity contribution in [2.75, 3.05) is 13.1 Å². The van der Waals surface area contributed by atoms with E-state index in [9.17, 15) is 14.4 Å². The summed E-state index contributed by atoms with van der Waals surface area (Å²) in [6.07, 6.45) is 5.65. The first kappa shape index (κ1) is 19.0. The van der Waals surface area contributed by atoms with Crippen molar-refractivity contribution in [2.45, 2.75) is 50.4 Å². The number of H-pyrrole nitrogens is 1. The zero-order valence-corrected chi connectivity index (χ0v) is 16.9. The van der Waals surface area contributed by atoms with Gasteiger partial charge in [0, 0.05) is 61.7 Å². The van der Waals surface area contributed by atoms with Crippen LogP contribution in [0.25, 0.3) is 0 Å². The molecule has 0 atom stereocenters. The van der Waals surface area contributed by atoms with Crippen LogP contribution in [0.2, 0.25) is 0 Å². The van der Waals surface area contributed by atoms with Gasteiger partial charge in [-0.25, -0.2) is 0 Å². The lowest BCUT2D eigenvalue weighted by atomic mass is 9.83. The van der Waals surface area contributed by atoms with Crippen LogP contribution >= 0.6 is 0 Å². The molecule has 2 aliphatic heterocycles. The van der Waals surface area contributed by atoms with Crippen LogP contribution in [-0.2, 0) is 24.8 Å².